The Kier molecular flexibility index (Phi) is 4.24. The first-order valence-corrected chi connectivity index (χ1v) is 6.62. The van der Waals surface area contributed by atoms with Gasteiger partial charge >= 0.3 is 0 Å². The molecule has 0 radical (unpaired) electrons. The Morgan fingerprint density at radius 1 is 1.41 bits per heavy atom. The lowest BCUT2D eigenvalue weighted by Crippen LogP contribution is -2.37. The normalized spacial score (nSPS) is 26.3. The van der Waals surface area contributed by atoms with Crippen LogP contribution in [0.3, 0.4) is 0 Å². The topological polar surface area (TPSA) is 28.4 Å². The summed E-state index contributed by atoms with van der Waals surface area (Å²) >= 11 is 0. The number of furan rings is 1. The van der Waals surface area contributed by atoms with E-state index >= 15 is 0 Å². The van der Waals surface area contributed by atoms with Crippen LogP contribution in [0.15, 0.2) is 16.7 Å². The molecule has 3 nitrogen and oxygen atoms in total. The van der Waals surface area contributed by atoms with Crippen LogP contribution in [0.2, 0.25) is 0 Å². The lowest BCUT2D eigenvalue weighted by Gasteiger charge is -2.34. The lowest BCUT2D eigenvalue weighted by atomic mass is 9.89. The second kappa shape index (κ2) is 5.69. The summed E-state index contributed by atoms with van der Waals surface area (Å²) in [7, 11) is 1.96. The molecule has 0 amide bonds. The molecular formula is C14H24N2O. The van der Waals surface area contributed by atoms with Crippen molar-refractivity contribution in [1.29, 1.82) is 0 Å². The predicted molar refractivity (Wildman–Crippen MR) is 69.7 cm³/mol. The van der Waals surface area contributed by atoms with Crippen LogP contribution in [-0.4, -0.2) is 25.0 Å². The first-order valence-electron chi connectivity index (χ1n) is 6.62. The Hall–Kier alpha value is -0.800. The van der Waals surface area contributed by atoms with E-state index in [0.717, 1.165) is 30.7 Å². The first kappa shape index (κ1) is 12.7. The monoisotopic (exact) mass is 236 g/mol. The van der Waals surface area contributed by atoms with Crippen molar-refractivity contribution in [2.75, 3.05) is 20.1 Å². The molecule has 0 bridgehead atoms. The zero-order chi connectivity index (χ0) is 12.3. The Morgan fingerprint density at radius 2 is 2.24 bits per heavy atom. The molecule has 0 aromatic carbocycles. The maximum atomic E-state index is 5.60. The van der Waals surface area contributed by atoms with E-state index in [-0.39, 0.29) is 0 Å². The lowest BCUT2D eigenvalue weighted by molar-refractivity contribution is 0.124. The zero-order valence-corrected chi connectivity index (χ0v) is 11.2. The quantitative estimate of drug-likeness (QED) is 0.870. The van der Waals surface area contributed by atoms with E-state index in [9.17, 15) is 0 Å². The van der Waals surface area contributed by atoms with Gasteiger partial charge in [-0.15, -0.1) is 0 Å². The fraction of sp³-hybridized carbons (Fsp3) is 0.714. The highest BCUT2D eigenvalue weighted by molar-refractivity contribution is 5.12. The predicted octanol–water partition coefficient (Wildman–Crippen LogP) is 2.48. The van der Waals surface area contributed by atoms with Crippen molar-refractivity contribution in [3.63, 3.8) is 0 Å². The number of nitrogens with one attached hydrogen (secondary N) is 1. The SMILES string of the molecule is CNCc1coc(CN2CCC(C)C(C)C2)c1. The van der Waals surface area contributed by atoms with Gasteiger partial charge in [-0.2, -0.15) is 0 Å². The van der Waals surface area contributed by atoms with E-state index in [0.29, 0.717) is 0 Å². The Morgan fingerprint density at radius 3 is 2.94 bits per heavy atom. The third-order valence-corrected chi connectivity index (χ3v) is 3.89. The molecule has 2 atom stereocenters. The van der Waals surface area contributed by atoms with Crippen LogP contribution in [-0.2, 0) is 13.1 Å². The highest BCUT2D eigenvalue weighted by atomic mass is 16.3. The maximum Gasteiger partial charge on any atom is 0.118 e. The van der Waals surface area contributed by atoms with Gasteiger partial charge in [0.05, 0.1) is 12.8 Å². The van der Waals surface area contributed by atoms with Gasteiger partial charge in [0.15, 0.2) is 0 Å². The Bertz CT molecular complexity index is 348. The van der Waals surface area contributed by atoms with Crippen LogP contribution in [0.1, 0.15) is 31.6 Å². The summed E-state index contributed by atoms with van der Waals surface area (Å²) in [5, 5.41) is 3.14. The third-order valence-electron chi connectivity index (χ3n) is 3.89. The van der Waals surface area contributed by atoms with Gasteiger partial charge in [-0.1, -0.05) is 13.8 Å². The standard InChI is InChI=1S/C14H24N2O/c1-11-4-5-16(8-12(11)2)9-14-6-13(7-15-3)10-17-14/h6,10-12,15H,4-5,7-9H2,1-3H3. The van der Waals surface area contributed by atoms with E-state index in [4.69, 9.17) is 4.42 Å². The minimum atomic E-state index is 0.801. The summed E-state index contributed by atoms with van der Waals surface area (Å²) in [6.45, 7) is 8.96. The number of likely N-dealkylation sites (tertiary alicyclic amines) is 1. The van der Waals surface area contributed by atoms with Gasteiger partial charge in [0.2, 0.25) is 0 Å². The minimum Gasteiger partial charge on any atom is -0.468 e. The van der Waals surface area contributed by atoms with Gasteiger partial charge in [0.1, 0.15) is 5.76 Å². The molecule has 1 saturated heterocycles. The molecule has 0 aliphatic carbocycles. The van der Waals surface area contributed by atoms with Crippen molar-refractivity contribution in [2.24, 2.45) is 11.8 Å². The van der Waals surface area contributed by atoms with Gasteiger partial charge < -0.3 is 9.73 Å². The summed E-state index contributed by atoms with van der Waals surface area (Å²) in [6, 6.07) is 2.17. The van der Waals surface area contributed by atoms with E-state index in [2.05, 4.69) is 30.1 Å². The number of nitrogens with zero attached hydrogens (tertiary/aromatic N) is 1. The largest absolute Gasteiger partial charge is 0.468 e. The molecule has 1 aromatic rings. The fourth-order valence-corrected chi connectivity index (χ4v) is 2.52. The van der Waals surface area contributed by atoms with E-state index in [1.165, 1.54) is 25.1 Å². The molecule has 96 valence electrons. The number of hydrogen-bond acceptors (Lipinski definition) is 3. The van der Waals surface area contributed by atoms with Crippen molar-refractivity contribution in [3.05, 3.63) is 23.7 Å². The molecule has 3 heteroatoms. The molecule has 1 aliphatic heterocycles. The number of piperidine rings is 1. The van der Waals surface area contributed by atoms with E-state index in [1.807, 2.05) is 13.3 Å². The van der Waals surface area contributed by atoms with Gasteiger partial charge in [0, 0.05) is 18.7 Å². The van der Waals surface area contributed by atoms with Crippen LogP contribution in [0.5, 0.6) is 0 Å². The minimum absolute atomic E-state index is 0.801. The molecule has 0 spiro atoms. The highest BCUT2D eigenvalue weighted by Gasteiger charge is 2.23. The van der Waals surface area contributed by atoms with Crippen molar-refractivity contribution in [2.45, 2.75) is 33.4 Å². The van der Waals surface area contributed by atoms with Crippen LogP contribution >= 0.6 is 0 Å². The van der Waals surface area contributed by atoms with Crippen LogP contribution in [0.4, 0.5) is 0 Å². The van der Waals surface area contributed by atoms with E-state index < -0.39 is 0 Å². The second-order valence-corrected chi connectivity index (χ2v) is 5.43. The smallest absolute Gasteiger partial charge is 0.118 e. The van der Waals surface area contributed by atoms with Crippen LogP contribution < -0.4 is 5.32 Å². The first-order chi connectivity index (χ1) is 8.19. The highest BCUT2D eigenvalue weighted by Crippen LogP contribution is 2.24. The Labute approximate surface area is 104 Å². The Balaban J connectivity index is 1.87. The van der Waals surface area contributed by atoms with Gasteiger partial charge in [-0.3, -0.25) is 4.90 Å². The number of hydrogen-bond donors (Lipinski definition) is 1. The molecule has 1 N–H and O–H groups in total. The summed E-state index contributed by atoms with van der Waals surface area (Å²) in [4.78, 5) is 2.51. The molecule has 2 heterocycles. The van der Waals surface area contributed by atoms with Crippen molar-refractivity contribution in [1.82, 2.24) is 10.2 Å². The summed E-state index contributed by atoms with van der Waals surface area (Å²) in [5.74, 6) is 2.76. The van der Waals surface area contributed by atoms with Crippen LogP contribution in [0.25, 0.3) is 0 Å². The summed E-state index contributed by atoms with van der Waals surface area (Å²) < 4.78 is 5.60. The molecule has 1 fully saturated rings. The second-order valence-electron chi connectivity index (χ2n) is 5.43. The van der Waals surface area contributed by atoms with Crippen molar-refractivity contribution >= 4 is 0 Å². The zero-order valence-electron chi connectivity index (χ0n) is 11.2. The van der Waals surface area contributed by atoms with Gasteiger partial charge in [-0.25, -0.2) is 0 Å². The molecular weight excluding hydrogens is 212 g/mol. The average Bonchev–Trinajstić information content (AvgIpc) is 2.72. The fourth-order valence-electron chi connectivity index (χ4n) is 2.52. The van der Waals surface area contributed by atoms with Crippen molar-refractivity contribution < 1.29 is 4.42 Å². The summed E-state index contributed by atoms with van der Waals surface area (Å²) in [6.07, 6.45) is 3.17. The molecule has 17 heavy (non-hydrogen) atoms. The van der Waals surface area contributed by atoms with Gasteiger partial charge in [-0.05, 0) is 37.9 Å². The number of rotatable bonds is 4. The molecule has 2 unspecified atom stereocenters. The third kappa shape index (κ3) is 3.33. The van der Waals surface area contributed by atoms with Gasteiger partial charge in [0.25, 0.3) is 0 Å². The van der Waals surface area contributed by atoms with Crippen molar-refractivity contribution in [3.8, 4) is 0 Å². The molecule has 2 rings (SSSR count). The maximum absolute atomic E-state index is 5.60. The average molecular weight is 236 g/mol. The molecule has 1 aliphatic rings. The molecule has 0 saturated carbocycles. The van der Waals surface area contributed by atoms with E-state index in [1.54, 1.807) is 0 Å². The summed E-state index contributed by atoms with van der Waals surface area (Å²) in [5.41, 5.74) is 1.24. The van der Waals surface area contributed by atoms with Crippen LogP contribution in [0, 0.1) is 11.8 Å². The molecule has 1 aromatic heterocycles.